The lowest BCUT2D eigenvalue weighted by atomic mass is 9.82. The first kappa shape index (κ1) is 25.4. The first-order valence-corrected chi connectivity index (χ1v) is 11.9. The lowest BCUT2D eigenvalue weighted by Gasteiger charge is -2.29. The van der Waals surface area contributed by atoms with E-state index < -0.39 is 11.9 Å². The first-order chi connectivity index (χ1) is 16.3. The molecule has 1 atom stereocenters. The Morgan fingerprint density at radius 1 is 1.24 bits per heavy atom. The first-order valence-electron chi connectivity index (χ1n) is 10.2. The molecule has 1 amide bonds. The van der Waals surface area contributed by atoms with Gasteiger partial charge in [0, 0.05) is 10.7 Å². The number of halogens is 2. The van der Waals surface area contributed by atoms with Crippen LogP contribution in [0.25, 0.3) is 0 Å². The van der Waals surface area contributed by atoms with Gasteiger partial charge in [0.1, 0.15) is 6.61 Å². The summed E-state index contributed by atoms with van der Waals surface area (Å²) >= 11 is 13.3. The Morgan fingerprint density at radius 2 is 1.94 bits per heavy atom. The molecule has 0 saturated heterocycles. The highest BCUT2D eigenvalue weighted by Gasteiger charge is 2.35. The second-order valence-electron chi connectivity index (χ2n) is 7.21. The maximum atomic E-state index is 12.9. The molecule has 0 unspecified atom stereocenters. The van der Waals surface area contributed by atoms with E-state index in [1.165, 1.54) is 6.08 Å². The van der Waals surface area contributed by atoms with Crippen LogP contribution in [-0.4, -0.2) is 24.2 Å². The van der Waals surface area contributed by atoms with E-state index in [1.54, 1.807) is 55.5 Å². The molecule has 1 aliphatic rings. The molecule has 34 heavy (non-hydrogen) atoms. The molecule has 174 valence electrons. The smallest absolute Gasteiger partial charge is 0.337 e. The van der Waals surface area contributed by atoms with Gasteiger partial charge in [-0.3, -0.25) is 4.79 Å². The molecule has 0 fully saturated rings. The van der Waals surface area contributed by atoms with Crippen molar-refractivity contribution in [1.29, 1.82) is 5.26 Å². The van der Waals surface area contributed by atoms with Crippen molar-refractivity contribution in [1.82, 2.24) is 5.32 Å². The van der Waals surface area contributed by atoms with Crippen molar-refractivity contribution >= 4 is 52.5 Å². The third-order valence-corrected chi connectivity index (χ3v) is 6.50. The fraction of sp³-hybridized carbons (Fsp3) is 0.160. The van der Waals surface area contributed by atoms with E-state index in [2.05, 4.69) is 23.3 Å². The standard InChI is InChI=1S/C25H21Cl2N3O3S/c1-3-12-33-25(32)22-15(2)29-24(18(13-28)23(22)16-8-10-17(26)11-9-16)34-14-21(31)30-20-7-5-4-6-19(20)27/h3-11,23,29H,1,12,14H2,2H3,(H,30,31)/t23-/m0/s1. The molecule has 0 aromatic heterocycles. The fourth-order valence-corrected chi connectivity index (χ4v) is 4.59. The molecule has 3 rings (SSSR count). The van der Waals surface area contributed by atoms with Crippen LogP contribution >= 0.6 is 35.0 Å². The third-order valence-electron chi connectivity index (χ3n) is 4.90. The molecular formula is C25H21Cl2N3O3S. The monoisotopic (exact) mass is 513 g/mol. The Bertz CT molecular complexity index is 1220. The van der Waals surface area contributed by atoms with Crippen molar-refractivity contribution < 1.29 is 14.3 Å². The van der Waals surface area contributed by atoms with Gasteiger partial charge in [0.2, 0.25) is 5.91 Å². The number of thioether (sulfide) groups is 1. The number of anilines is 1. The van der Waals surface area contributed by atoms with Crippen molar-refractivity contribution in [2.24, 2.45) is 0 Å². The molecule has 0 radical (unpaired) electrons. The number of ether oxygens (including phenoxy) is 1. The minimum Gasteiger partial charge on any atom is -0.458 e. The van der Waals surface area contributed by atoms with Gasteiger partial charge in [-0.1, -0.05) is 71.9 Å². The highest BCUT2D eigenvalue weighted by molar-refractivity contribution is 8.03. The van der Waals surface area contributed by atoms with Gasteiger partial charge in [-0.05, 0) is 36.8 Å². The van der Waals surface area contributed by atoms with E-state index in [0.29, 0.717) is 43.2 Å². The minimum atomic E-state index is -0.685. The Morgan fingerprint density at radius 3 is 2.59 bits per heavy atom. The summed E-state index contributed by atoms with van der Waals surface area (Å²) in [5, 5.41) is 17.4. The van der Waals surface area contributed by atoms with Crippen molar-refractivity contribution in [2.45, 2.75) is 12.8 Å². The molecule has 2 aromatic rings. The van der Waals surface area contributed by atoms with Gasteiger partial charge >= 0.3 is 5.97 Å². The molecule has 0 bridgehead atoms. The zero-order valence-electron chi connectivity index (χ0n) is 18.2. The number of benzene rings is 2. The van der Waals surface area contributed by atoms with Crippen LogP contribution in [0.2, 0.25) is 10.0 Å². The molecule has 6 nitrogen and oxygen atoms in total. The van der Waals surface area contributed by atoms with E-state index >= 15 is 0 Å². The number of carbonyl (C=O) groups is 2. The van der Waals surface area contributed by atoms with Crippen LogP contribution in [0.5, 0.6) is 0 Å². The van der Waals surface area contributed by atoms with Gasteiger partial charge in [0.05, 0.1) is 44.6 Å². The number of carbonyl (C=O) groups excluding carboxylic acids is 2. The van der Waals surface area contributed by atoms with Gasteiger partial charge in [0.15, 0.2) is 0 Å². The summed E-state index contributed by atoms with van der Waals surface area (Å²) in [5.41, 5.74) is 2.34. The number of rotatable bonds is 8. The van der Waals surface area contributed by atoms with Gasteiger partial charge in [-0.2, -0.15) is 5.26 Å². The van der Waals surface area contributed by atoms with Crippen molar-refractivity contribution in [3.63, 3.8) is 0 Å². The summed E-state index contributed by atoms with van der Waals surface area (Å²) in [5.74, 6) is -1.51. The van der Waals surface area contributed by atoms with Crippen LogP contribution in [0.3, 0.4) is 0 Å². The molecule has 0 spiro atoms. The number of hydrogen-bond acceptors (Lipinski definition) is 6. The van der Waals surface area contributed by atoms with E-state index in [0.717, 1.165) is 11.8 Å². The quantitative estimate of drug-likeness (QED) is 0.342. The largest absolute Gasteiger partial charge is 0.458 e. The van der Waals surface area contributed by atoms with Crippen molar-refractivity contribution in [3.05, 3.63) is 98.7 Å². The molecule has 9 heteroatoms. The molecule has 0 aliphatic carbocycles. The Labute approximate surface area is 212 Å². The molecule has 1 heterocycles. The number of amides is 1. The summed E-state index contributed by atoms with van der Waals surface area (Å²) < 4.78 is 5.28. The zero-order chi connectivity index (χ0) is 24.7. The summed E-state index contributed by atoms with van der Waals surface area (Å²) in [6, 6.07) is 16.0. The lowest BCUT2D eigenvalue weighted by Crippen LogP contribution is -2.29. The number of nitriles is 1. The van der Waals surface area contributed by atoms with Crippen LogP contribution in [-0.2, 0) is 14.3 Å². The average molecular weight is 514 g/mol. The number of dihydropyridines is 1. The number of nitrogens with one attached hydrogen (secondary N) is 2. The predicted octanol–water partition coefficient (Wildman–Crippen LogP) is 5.79. The molecular weight excluding hydrogens is 493 g/mol. The molecule has 1 aliphatic heterocycles. The summed E-state index contributed by atoms with van der Waals surface area (Å²) in [6.45, 7) is 5.34. The SMILES string of the molecule is C=CCOC(=O)C1=C(C)NC(SCC(=O)Nc2ccccc2Cl)=C(C#N)[C@@H]1c1ccc(Cl)cc1. The fourth-order valence-electron chi connectivity index (χ4n) is 3.38. The topological polar surface area (TPSA) is 91.2 Å². The van der Waals surface area contributed by atoms with Gasteiger partial charge in [-0.15, -0.1) is 0 Å². The Balaban J connectivity index is 1.90. The highest BCUT2D eigenvalue weighted by Crippen LogP contribution is 2.41. The second-order valence-corrected chi connectivity index (χ2v) is 9.04. The molecule has 0 saturated carbocycles. The van der Waals surface area contributed by atoms with E-state index in [9.17, 15) is 14.9 Å². The number of allylic oxidation sites excluding steroid dienone is 2. The van der Waals surface area contributed by atoms with Crippen LogP contribution in [0.15, 0.2) is 83.1 Å². The zero-order valence-corrected chi connectivity index (χ0v) is 20.6. The summed E-state index contributed by atoms with van der Waals surface area (Å²) in [4.78, 5) is 25.4. The molecule has 2 N–H and O–H groups in total. The van der Waals surface area contributed by atoms with Crippen LogP contribution in [0, 0.1) is 11.3 Å². The number of hydrogen-bond donors (Lipinski definition) is 2. The maximum absolute atomic E-state index is 12.9. The third kappa shape index (κ3) is 6.03. The number of esters is 1. The normalized spacial score (nSPS) is 15.3. The number of para-hydroxylation sites is 1. The van der Waals surface area contributed by atoms with Crippen LogP contribution < -0.4 is 10.6 Å². The van der Waals surface area contributed by atoms with Crippen LogP contribution in [0.4, 0.5) is 5.69 Å². The minimum absolute atomic E-state index is 0.0234. The van der Waals surface area contributed by atoms with E-state index in [4.69, 9.17) is 27.9 Å². The highest BCUT2D eigenvalue weighted by atomic mass is 35.5. The maximum Gasteiger partial charge on any atom is 0.337 e. The van der Waals surface area contributed by atoms with Gasteiger partial charge in [0.25, 0.3) is 0 Å². The van der Waals surface area contributed by atoms with Crippen molar-refractivity contribution in [2.75, 3.05) is 17.7 Å². The molecule has 2 aromatic carbocycles. The van der Waals surface area contributed by atoms with Gasteiger partial charge < -0.3 is 15.4 Å². The lowest BCUT2D eigenvalue weighted by molar-refractivity contribution is -0.138. The number of nitrogens with zero attached hydrogens (tertiary/aromatic N) is 1. The second kappa shape index (κ2) is 11.8. The average Bonchev–Trinajstić information content (AvgIpc) is 2.82. The van der Waals surface area contributed by atoms with Crippen LogP contribution in [0.1, 0.15) is 18.4 Å². The Hall–Kier alpha value is -3.18. The predicted molar refractivity (Wildman–Crippen MR) is 136 cm³/mol. The Kier molecular flexibility index (Phi) is 8.83. The van der Waals surface area contributed by atoms with Crippen molar-refractivity contribution in [3.8, 4) is 6.07 Å². The van der Waals surface area contributed by atoms with E-state index in [1.807, 2.05) is 0 Å². The van der Waals surface area contributed by atoms with E-state index in [-0.39, 0.29) is 18.3 Å². The summed E-state index contributed by atoms with van der Waals surface area (Å²) in [6.07, 6.45) is 1.47. The van der Waals surface area contributed by atoms with Gasteiger partial charge in [-0.25, -0.2) is 4.79 Å². The summed E-state index contributed by atoms with van der Waals surface area (Å²) in [7, 11) is 0.